The van der Waals surface area contributed by atoms with Gasteiger partial charge in [-0.15, -0.1) is 0 Å². The van der Waals surface area contributed by atoms with Crippen LogP contribution in [0.15, 0.2) is 29.2 Å². The van der Waals surface area contributed by atoms with Crippen molar-refractivity contribution in [3.63, 3.8) is 0 Å². The average Bonchev–Trinajstić information content (AvgIpc) is 2.42. The van der Waals surface area contributed by atoms with Crippen molar-refractivity contribution in [2.75, 3.05) is 18.9 Å². The number of rotatable bonds is 7. The third-order valence-corrected chi connectivity index (χ3v) is 4.64. The Hall–Kier alpha value is -1.12. The highest BCUT2D eigenvalue weighted by molar-refractivity contribution is 7.91. The molecule has 1 unspecified atom stereocenters. The summed E-state index contributed by atoms with van der Waals surface area (Å²) >= 11 is 0. The van der Waals surface area contributed by atoms with E-state index in [1.54, 1.807) is 6.92 Å². The monoisotopic (exact) mass is 325 g/mol. The first-order valence-corrected chi connectivity index (χ1v) is 8.07. The molecular formula is C13H18F3NO3S. The summed E-state index contributed by atoms with van der Waals surface area (Å²) in [6.07, 6.45) is -4.85. The molecule has 8 heteroatoms. The van der Waals surface area contributed by atoms with Gasteiger partial charge in [-0.2, -0.15) is 13.2 Å². The number of ether oxygens (including phenoxy) is 1. The van der Waals surface area contributed by atoms with Crippen LogP contribution in [0.4, 0.5) is 13.2 Å². The largest absolute Gasteiger partial charge is 0.416 e. The molecule has 0 bridgehead atoms. The second-order valence-corrected chi connectivity index (χ2v) is 6.56. The molecule has 0 fully saturated rings. The summed E-state index contributed by atoms with van der Waals surface area (Å²) in [5, 5.41) is 0. The van der Waals surface area contributed by atoms with Crippen LogP contribution in [-0.4, -0.2) is 33.4 Å². The van der Waals surface area contributed by atoms with E-state index in [9.17, 15) is 21.6 Å². The zero-order valence-corrected chi connectivity index (χ0v) is 12.4. The molecule has 0 aromatic heterocycles. The Bertz CT molecular complexity index is 558. The summed E-state index contributed by atoms with van der Waals surface area (Å²) < 4.78 is 67.2. The number of benzene rings is 1. The van der Waals surface area contributed by atoms with Crippen molar-refractivity contribution in [2.24, 2.45) is 5.73 Å². The fraction of sp³-hybridized carbons (Fsp3) is 0.538. The van der Waals surface area contributed by atoms with Crippen LogP contribution < -0.4 is 5.73 Å². The molecule has 0 heterocycles. The highest BCUT2D eigenvalue weighted by Gasteiger charge is 2.31. The molecule has 0 aliphatic rings. The third-order valence-electron chi connectivity index (χ3n) is 2.89. The average molecular weight is 325 g/mol. The lowest BCUT2D eigenvalue weighted by molar-refractivity contribution is -0.137. The van der Waals surface area contributed by atoms with Crippen LogP contribution in [0.3, 0.4) is 0 Å². The van der Waals surface area contributed by atoms with Gasteiger partial charge < -0.3 is 10.5 Å². The Morgan fingerprint density at radius 3 is 2.52 bits per heavy atom. The molecule has 1 atom stereocenters. The van der Waals surface area contributed by atoms with Gasteiger partial charge in [0.25, 0.3) is 0 Å². The van der Waals surface area contributed by atoms with Crippen molar-refractivity contribution in [1.29, 1.82) is 0 Å². The van der Waals surface area contributed by atoms with E-state index < -0.39 is 27.7 Å². The quantitative estimate of drug-likeness (QED) is 0.835. The lowest BCUT2D eigenvalue weighted by atomic mass is 10.2. The lowest BCUT2D eigenvalue weighted by Gasteiger charge is -2.15. The molecule has 1 aromatic carbocycles. The highest BCUT2D eigenvalue weighted by atomic mass is 32.2. The molecule has 0 saturated heterocycles. The van der Waals surface area contributed by atoms with Gasteiger partial charge in [0.2, 0.25) is 0 Å². The maximum absolute atomic E-state index is 12.6. The molecule has 0 saturated carbocycles. The van der Waals surface area contributed by atoms with Gasteiger partial charge in [0.05, 0.1) is 22.3 Å². The van der Waals surface area contributed by atoms with Gasteiger partial charge in [-0.05, 0) is 31.5 Å². The van der Waals surface area contributed by atoms with Crippen molar-refractivity contribution >= 4 is 9.84 Å². The lowest BCUT2D eigenvalue weighted by Crippen LogP contribution is -2.26. The van der Waals surface area contributed by atoms with E-state index in [2.05, 4.69) is 0 Å². The van der Waals surface area contributed by atoms with E-state index in [0.717, 1.165) is 18.2 Å². The molecule has 0 spiro atoms. The number of alkyl halides is 3. The van der Waals surface area contributed by atoms with Crippen molar-refractivity contribution in [1.82, 2.24) is 0 Å². The van der Waals surface area contributed by atoms with Crippen LogP contribution in [-0.2, 0) is 20.8 Å². The van der Waals surface area contributed by atoms with Crippen LogP contribution in [0.25, 0.3) is 0 Å². The van der Waals surface area contributed by atoms with Gasteiger partial charge in [-0.3, -0.25) is 0 Å². The van der Waals surface area contributed by atoms with E-state index >= 15 is 0 Å². The summed E-state index contributed by atoms with van der Waals surface area (Å²) in [6, 6.07) is 3.72. The highest BCUT2D eigenvalue weighted by Crippen LogP contribution is 2.30. The molecule has 1 aromatic rings. The van der Waals surface area contributed by atoms with Crippen LogP contribution >= 0.6 is 0 Å². The molecule has 120 valence electrons. The maximum atomic E-state index is 12.6. The summed E-state index contributed by atoms with van der Waals surface area (Å²) in [4.78, 5) is -0.343. The van der Waals surface area contributed by atoms with Crippen LogP contribution in [0.1, 0.15) is 18.9 Å². The minimum Gasteiger partial charge on any atom is -0.377 e. The number of nitrogens with two attached hydrogens (primary N) is 1. The standard InChI is InChI=1S/C13H18F3NO3S/c1-2-20-11(9-17)6-7-21(18,19)12-5-3-4-10(8-12)13(14,15)16/h3-5,8,11H,2,6-7,9,17H2,1H3. The number of hydrogen-bond donors (Lipinski definition) is 1. The van der Waals surface area contributed by atoms with Gasteiger partial charge in [0.15, 0.2) is 9.84 Å². The third kappa shape index (κ3) is 5.29. The van der Waals surface area contributed by atoms with Gasteiger partial charge in [0.1, 0.15) is 0 Å². The normalized spacial score (nSPS) is 14.1. The summed E-state index contributed by atoms with van der Waals surface area (Å²) in [6.45, 7) is 2.31. The van der Waals surface area contributed by atoms with Crippen LogP contribution in [0, 0.1) is 0 Å². The van der Waals surface area contributed by atoms with E-state index in [0.29, 0.717) is 12.7 Å². The van der Waals surface area contributed by atoms with Crippen LogP contribution in [0.5, 0.6) is 0 Å². The molecule has 0 aliphatic heterocycles. The summed E-state index contributed by atoms with van der Waals surface area (Å²) in [7, 11) is -3.80. The van der Waals surface area contributed by atoms with Crippen molar-refractivity contribution in [3.8, 4) is 0 Å². The maximum Gasteiger partial charge on any atom is 0.416 e. The van der Waals surface area contributed by atoms with Crippen molar-refractivity contribution in [2.45, 2.75) is 30.5 Å². The second-order valence-electron chi connectivity index (χ2n) is 4.45. The Kier molecular flexibility index (Phi) is 6.18. The van der Waals surface area contributed by atoms with E-state index in [1.807, 2.05) is 0 Å². The molecule has 1 rings (SSSR count). The van der Waals surface area contributed by atoms with Crippen molar-refractivity contribution in [3.05, 3.63) is 29.8 Å². The fourth-order valence-corrected chi connectivity index (χ4v) is 3.18. The summed E-state index contributed by atoms with van der Waals surface area (Å²) in [5.41, 5.74) is 4.46. The summed E-state index contributed by atoms with van der Waals surface area (Å²) in [5.74, 6) is -0.309. The molecule has 2 N–H and O–H groups in total. The smallest absolute Gasteiger partial charge is 0.377 e. The predicted molar refractivity (Wildman–Crippen MR) is 72.6 cm³/mol. The fourth-order valence-electron chi connectivity index (χ4n) is 1.78. The van der Waals surface area contributed by atoms with Crippen molar-refractivity contribution < 1.29 is 26.3 Å². The van der Waals surface area contributed by atoms with Crippen LogP contribution in [0.2, 0.25) is 0 Å². The minimum absolute atomic E-state index is 0.142. The number of sulfone groups is 1. The Morgan fingerprint density at radius 1 is 1.33 bits per heavy atom. The Morgan fingerprint density at radius 2 is 2.00 bits per heavy atom. The first-order valence-electron chi connectivity index (χ1n) is 6.42. The second kappa shape index (κ2) is 7.24. The minimum atomic E-state index is -4.57. The molecule has 4 nitrogen and oxygen atoms in total. The van der Waals surface area contributed by atoms with E-state index in [4.69, 9.17) is 10.5 Å². The first kappa shape index (κ1) is 17.9. The topological polar surface area (TPSA) is 69.4 Å². The predicted octanol–water partition coefficient (Wildman–Crippen LogP) is 2.23. The molecule has 0 aliphatic carbocycles. The van der Waals surface area contributed by atoms with Gasteiger partial charge >= 0.3 is 6.18 Å². The first-order chi connectivity index (χ1) is 9.70. The zero-order valence-electron chi connectivity index (χ0n) is 11.6. The van der Waals surface area contributed by atoms with E-state index in [-0.39, 0.29) is 23.6 Å². The Labute approximate surface area is 122 Å². The molecule has 0 amide bonds. The van der Waals surface area contributed by atoms with Gasteiger partial charge in [-0.1, -0.05) is 6.07 Å². The van der Waals surface area contributed by atoms with E-state index in [1.165, 1.54) is 0 Å². The zero-order chi connectivity index (χ0) is 16.1. The van der Waals surface area contributed by atoms with Gasteiger partial charge in [0, 0.05) is 13.2 Å². The van der Waals surface area contributed by atoms with Gasteiger partial charge in [-0.25, -0.2) is 8.42 Å². The molecule has 21 heavy (non-hydrogen) atoms. The molecule has 0 radical (unpaired) electrons. The number of halogens is 3. The molecular weight excluding hydrogens is 307 g/mol. The number of hydrogen-bond acceptors (Lipinski definition) is 4. The SMILES string of the molecule is CCOC(CN)CCS(=O)(=O)c1cccc(C(F)(F)F)c1. The Balaban J connectivity index is 2.88.